The highest BCUT2D eigenvalue weighted by Crippen LogP contribution is 2.46. The Labute approximate surface area is 256 Å². The van der Waals surface area contributed by atoms with E-state index in [0.29, 0.717) is 13.0 Å². The van der Waals surface area contributed by atoms with Crippen molar-refractivity contribution in [2.75, 3.05) is 6.61 Å². The maximum atomic E-state index is 14.9. The van der Waals surface area contributed by atoms with E-state index in [-0.39, 0.29) is 47.8 Å². The molecule has 4 aromatic rings. The van der Waals surface area contributed by atoms with Crippen LogP contribution in [0.15, 0.2) is 63.6 Å². The minimum Gasteiger partial charge on any atom is -0.377 e. The largest absolute Gasteiger partial charge is 0.377 e. The number of benzene rings is 2. The van der Waals surface area contributed by atoms with Crippen molar-refractivity contribution >= 4 is 17.4 Å². The van der Waals surface area contributed by atoms with Crippen molar-refractivity contribution < 1.29 is 40.5 Å². The number of aromatic nitrogens is 2. The topological polar surface area (TPSA) is 78.4 Å². The van der Waals surface area contributed by atoms with E-state index in [4.69, 9.17) is 25.4 Å². The van der Waals surface area contributed by atoms with E-state index >= 15 is 0 Å². The van der Waals surface area contributed by atoms with Gasteiger partial charge in [0.25, 0.3) is 6.43 Å². The highest BCUT2D eigenvalue weighted by molar-refractivity contribution is 6.30. The summed E-state index contributed by atoms with van der Waals surface area (Å²) in [5.41, 5.74) is -1.75. The summed E-state index contributed by atoms with van der Waals surface area (Å²) in [5.74, 6) is -6.77. The molecular formula is C32H32ClF5N2O4. The molecule has 0 amide bonds. The molecule has 0 N–H and O–H groups in total. The van der Waals surface area contributed by atoms with Crippen molar-refractivity contribution in [3.63, 3.8) is 0 Å². The molecule has 2 heterocycles. The molecule has 236 valence electrons. The van der Waals surface area contributed by atoms with Crippen molar-refractivity contribution in [1.82, 2.24) is 10.3 Å². The molecule has 0 radical (unpaired) electrons. The van der Waals surface area contributed by atoms with Crippen LogP contribution in [0.2, 0.25) is 5.02 Å². The van der Waals surface area contributed by atoms with Crippen LogP contribution in [0.5, 0.6) is 0 Å². The van der Waals surface area contributed by atoms with Crippen LogP contribution in [0.25, 0.3) is 11.5 Å². The van der Waals surface area contributed by atoms with E-state index in [1.165, 1.54) is 32.9 Å². The van der Waals surface area contributed by atoms with Gasteiger partial charge in [0.2, 0.25) is 5.76 Å². The third-order valence-corrected chi connectivity index (χ3v) is 7.42. The lowest BCUT2D eigenvalue weighted by Crippen LogP contribution is -2.30. The number of ether oxygens (including phenoxy) is 1. The summed E-state index contributed by atoms with van der Waals surface area (Å²) < 4.78 is 88.9. The molecule has 1 atom stereocenters. The predicted octanol–water partition coefficient (Wildman–Crippen LogP) is 9.48. The zero-order valence-corrected chi connectivity index (χ0v) is 25.1. The first-order valence-corrected chi connectivity index (χ1v) is 14.4. The molecule has 0 aliphatic rings. The normalized spacial score (nSPS) is 13.0. The minimum absolute atomic E-state index is 0.106. The number of hydrogen-bond donors (Lipinski definition) is 0. The lowest BCUT2D eigenvalue weighted by molar-refractivity contribution is -0.122. The Hall–Kier alpha value is -3.57. The number of carbonyl (C=O) groups excluding carboxylic acids is 1. The summed E-state index contributed by atoms with van der Waals surface area (Å²) in [4.78, 5) is 13.1. The van der Waals surface area contributed by atoms with Crippen molar-refractivity contribution in [3.8, 4) is 11.5 Å². The lowest BCUT2D eigenvalue weighted by atomic mass is 9.86. The van der Waals surface area contributed by atoms with Crippen LogP contribution in [0.4, 0.5) is 22.0 Å². The molecule has 4 rings (SSSR count). The van der Waals surface area contributed by atoms with Crippen molar-refractivity contribution in [1.29, 1.82) is 0 Å². The average Bonchev–Trinajstić information content (AvgIpc) is 3.62. The fourth-order valence-corrected chi connectivity index (χ4v) is 4.81. The third-order valence-electron chi connectivity index (χ3n) is 7.18. The summed E-state index contributed by atoms with van der Waals surface area (Å²) >= 11 is 5.81. The second-order valence-electron chi connectivity index (χ2n) is 11.5. The molecular weight excluding hydrogens is 607 g/mol. The van der Waals surface area contributed by atoms with Crippen LogP contribution in [-0.2, 0) is 28.5 Å². The lowest BCUT2D eigenvalue weighted by Gasteiger charge is -2.27. The van der Waals surface area contributed by atoms with Gasteiger partial charge in [-0.1, -0.05) is 79.1 Å². The van der Waals surface area contributed by atoms with Gasteiger partial charge in [-0.05, 0) is 36.1 Å². The predicted molar refractivity (Wildman–Crippen MR) is 153 cm³/mol. The first-order chi connectivity index (χ1) is 20.8. The number of alkyl halides is 4. The highest BCUT2D eigenvalue weighted by atomic mass is 35.5. The molecule has 0 aliphatic carbocycles. The summed E-state index contributed by atoms with van der Waals surface area (Å²) in [6.45, 7) is 4.49. The molecule has 0 spiro atoms. The smallest absolute Gasteiger partial charge is 0.312 e. The van der Waals surface area contributed by atoms with E-state index in [1.807, 2.05) is 30.3 Å². The summed E-state index contributed by atoms with van der Waals surface area (Å²) in [5, 5.41) is 7.60. The van der Waals surface area contributed by atoms with Crippen LogP contribution in [0.3, 0.4) is 0 Å². The Morgan fingerprint density at radius 1 is 1.02 bits per heavy atom. The monoisotopic (exact) mass is 638 g/mol. The molecule has 0 bridgehead atoms. The van der Waals surface area contributed by atoms with Gasteiger partial charge < -0.3 is 13.8 Å². The number of halogens is 6. The molecule has 0 unspecified atom stereocenters. The number of rotatable bonds is 14. The van der Waals surface area contributed by atoms with Gasteiger partial charge in [0.05, 0.1) is 17.9 Å². The van der Waals surface area contributed by atoms with Crippen LogP contribution in [0, 0.1) is 11.2 Å². The Morgan fingerprint density at radius 2 is 1.75 bits per heavy atom. The van der Waals surface area contributed by atoms with Gasteiger partial charge >= 0.3 is 5.92 Å². The number of Topliss-reactive ketones (excluding diaryl/α,β-unsaturated/α-hetero) is 1. The minimum atomic E-state index is -3.46. The molecule has 44 heavy (non-hydrogen) atoms. The maximum Gasteiger partial charge on any atom is 0.312 e. The van der Waals surface area contributed by atoms with Gasteiger partial charge in [-0.3, -0.25) is 4.79 Å². The number of carbonyl (C=O) groups is 1. The van der Waals surface area contributed by atoms with E-state index in [0.717, 1.165) is 17.7 Å². The Bertz CT molecular complexity index is 1550. The van der Waals surface area contributed by atoms with Crippen LogP contribution >= 0.6 is 11.6 Å². The summed E-state index contributed by atoms with van der Waals surface area (Å²) in [7, 11) is 0. The first kappa shape index (κ1) is 33.3. The standard InChI is InChI=1S/C32H32ClF5N2O4/c1-31(2,3)32(37,38)26-17-25(39-43-26)29-27(30(35)36)28(40-44-29)21(10-7-13-42-18-19-8-5-4-6-9-19)15-23(41)14-20-11-12-22(33)16-24(20)34/h4-6,8-9,11-12,16-17,21,30H,7,10,13-15,18H2,1-3H3/t21-/m0/s1. The average molecular weight is 639 g/mol. The number of hydrogen-bond acceptors (Lipinski definition) is 6. The third kappa shape index (κ3) is 7.92. The quantitative estimate of drug-likeness (QED) is 0.101. The summed E-state index contributed by atoms with van der Waals surface area (Å²) in [6.07, 6.45) is -3.14. The molecule has 2 aromatic carbocycles. The molecule has 12 heteroatoms. The van der Waals surface area contributed by atoms with Gasteiger partial charge in [0.15, 0.2) is 11.5 Å². The second kappa shape index (κ2) is 14.0. The summed E-state index contributed by atoms with van der Waals surface area (Å²) in [6, 6.07) is 14.2. The molecule has 0 aliphatic heterocycles. The molecule has 0 saturated heterocycles. The molecule has 2 aromatic heterocycles. The van der Waals surface area contributed by atoms with Crippen molar-refractivity contribution in [2.24, 2.45) is 5.41 Å². The Morgan fingerprint density at radius 3 is 2.41 bits per heavy atom. The van der Waals surface area contributed by atoms with Gasteiger partial charge in [0.1, 0.15) is 11.6 Å². The van der Waals surface area contributed by atoms with Gasteiger partial charge in [-0.25, -0.2) is 13.2 Å². The van der Waals surface area contributed by atoms with Crippen molar-refractivity contribution in [2.45, 2.75) is 71.3 Å². The molecule has 6 nitrogen and oxygen atoms in total. The van der Waals surface area contributed by atoms with E-state index in [9.17, 15) is 26.7 Å². The second-order valence-corrected chi connectivity index (χ2v) is 12.0. The van der Waals surface area contributed by atoms with Gasteiger partial charge in [-0.15, -0.1) is 0 Å². The van der Waals surface area contributed by atoms with Crippen LogP contribution < -0.4 is 0 Å². The SMILES string of the molecule is CC(C)(C)C(F)(F)c1cc(-c2onc([C@@H](CCCOCc3ccccc3)CC(=O)Cc3ccc(Cl)cc3F)c2C(F)F)no1. The first-order valence-electron chi connectivity index (χ1n) is 14.0. The van der Waals surface area contributed by atoms with Crippen LogP contribution in [0.1, 0.15) is 80.5 Å². The Kier molecular flexibility index (Phi) is 10.6. The molecule has 0 fully saturated rings. The highest BCUT2D eigenvalue weighted by Gasteiger charge is 2.48. The maximum absolute atomic E-state index is 14.9. The zero-order chi connectivity index (χ0) is 32.1. The zero-order valence-electron chi connectivity index (χ0n) is 24.4. The Balaban J connectivity index is 1.58. The fraction of sp³-hybridized carbons (Fsp3) is 0.406. The van der Waals surface area contributed by atoms with E-state index in [1.54, 1.807) is 0 Å². The molecule has 0 saturated carbocycles. The van der Waals surface area contributed by atoms with Gasteiger partial charge in [0, 0.05) is 41.9 Å². The fourth-order valence-electron chi connectivity index (χ4n) is 4.66. The van der Waals surface area contributed by atoms with Crippen LogP contribution in [-0.4, -0.2) is 22.7 Å². The van der Waals surface area contributed by atoms with E-state index < -0.39 is 52.4 Å². The van der Waals surface area contributed by atoms with E-state index in [2.05, 4.69) is 10.3 Å². The number of nitrogens with zero attached hydrogens (tertiary/aromatic N) is 2. The number of ketones is 1. The van der Waals surface area contributed by atoms with Crippen molar-refractivity contribution in [3.05, 3.63) is 93.6 Å². The van der Waals surface area contributed by atoms with Gasteiger partial charge in [-0.2, -0.15) is 8.78 Å².